The van der Waals surface area contributed by atoms with E-state index < -0.39 is 0 Å². The molecule has 0 saturated heterocycles. The molecule has 0 N–H and O–H groups in total. The molecule has 0 atom stereocenters. The lowest BCUT2D eigenvalue weighted by atomic mass is 9.86. The van der Waals surface area contributed by atoms with Crippen LogP contribution in [0, 0.1) is 5.92 Å². The van der Waals surface area contributed by atoms with Gasteiger partial charge in [0.05, 0.1) is 0 Å². The van der Waals surface area contributed by atoms with E-state index in [2.05, 4.69) is 5.32 Å². The van der Waals surface area contributed by atoms with Gasteiger partial charge in [-0.15, -0.1) is 0 Å². The lowest BCUT2D eigenvalue weighted by Gasteiger charge is -2.20. The van der Waals surface area contributed by atoms with Gasteiger partial charge in [0, 0.05) is 13.0 Å². The average molecular weight is 182 g/mol. The van der Waals surface area contributed by atoms with E-state index in [0.29, 0.717) is 13.0 Å². The Morgan fingerprint density at radius 2 is 2.00 bits per heavy atom. The van der Waals surface area contributed by atoms with Gasteiger partial charge >= 0.3 is 0 Å². The molecular weight excluding hydrogens is 162 g/mol. The summed E-state index contributed by atoms with van der Waals surface area (Å²) in [6.07, 6.45) is 8.54. The zero-order chi connectivity index (χ0) is 9.52. The third kappa shape index (κ3) is 4.30. The van der Waals surface area contributed by atoms with Gasteiger partial charge in [0.25, 0.3) is 0 Å². The van der Waals surface area contributed by atoms with Crippen molar-refractivity contribution in [1.82, 2.24) is 5.32 Å². The molecule has 0 aliphatic heterocycles. The third-order valence-electron chi connectivity index (χ3n) is 2.83. The Kier molecular flexibility index (Phi) is 4.87. The highest BCUT2D eigenvalue weighted by Crippen LogP contribution is 2.27. The second-order valence-corrected chi connectivity index (χ2v) is 3.91. The first-order valence-electron chi connectivity index (χ1n) is 5.53. The van der Waals surface area contributed by atoms with Crippen LogP contribution in [0.3, 0.4) is 0 Å². The zero-order valence-electron chi connectivity index (χ0n) is 8.59. The summed E-state index contributed by atoms with van der Waals surface area (Å²) in [6.45, 7) is 2.56. The van der Waals surface area contributed by atoms with Gasteiger partial charge in [0.15, 0.2) is 0 Å². The summed E-state index contributed by atoms with van der Waals surface area (Å²) >= 11 is 0. The normalized spacial score (nSPS) is 18.5. The van der Waals surface area contributed by atoms with Gasteiger partial charge in [-0.05, 0) is 19.3 Å². The highest BCUT2D eigenvalue weighted by Gasteiger charge is 2.14. The molecule has 1 saturated carbocycles. The van der Waals surface area contributed by atoms with Crippen LogP contribution in [0.4, 0.5) is 0 Å². The van der Waals surface area contributed by atoms with Crippen LogP contribution in [0.15, 0.2) is 0 Å². The smallest absolute Gasteiger partial charge is 0.241 e. The van der Waals surface area contributed by atoms with E-state index in [1.807, 2.05) is 6.92 Å². The molecule has 2 heteroatoms. The predicted octanol–water partition coefficient (Wildman–Crippen LogP) is 2.50. The minimum atomic E-state index is 0.105. The molecular formula is C11H20NO. The van der Waals surface area contributed by atoms with Crippen LogP contribution >= 0.6 is 0 Å². The van der Waals surface area contributed by atoms with E-state index in [-0.39, 0.29) is 5.91 Å². The van der Waals surface area contributed by atoms with Gasteiger partial charge in [-0.25, -0.2) is 0 Å². The summed E-state index contributed by atoms with van der Waals surface area (Å²) in [6, 6.07) is 0. The van der Waals surface area contributed by atoms with Crippen molar-refractivity contribution in [3.63, 3.8) is 0 Å². The largest absolute Gasteiger partial charge is 0.273 e. The van der Waals surface area contributed by atoms with Crippen LogP contribution in [0.2, 0.25) is 0 Å². The van der Waals surface area contributed by atoms with Crippen molar-refractivity contribution >= 4 is 5.91 Å². The molecule has 1 fully saturated rings. The van der Waals surface area contributed by atoms with Crippen LogP contribution in [0.1, 0.15) is 51.9 Å². The van der Waals surface area contributed by atoms with Crippen molar-refractivity contribution in [3.8, 4) is 0 Å². The maximum Gasteiger partial charge on any atom is 0.241 e. The van der Waals surface area contributed by atoms with E-state index in [1.165, 1.54) is 32.1 Å². The van der Waals surface area contributed by atoms with E-state index in [4.69, 9.17) is 0 Å². The van der Waals surface area contributed by atoms with Crippen molar-refractivity contribution in [2.75, 3.05) is 6.54 Å². The Bertz CT molecular complexity index is 150. The maximum atomic E-state index is 11.1. The first-order valence-corrected chi connectivity index (χ1v) is 5.53. The molecule has 1 amide bonds. The topological polar surface area (TPSA) is 31.2 Å². The van der Waals surface area contributed by atoms with Crippen molar-refractivity contribution < 1.29 is 4.79 Å². The van der Waals surface area contributed by atoms with Crippen molar-refractivity contribution in [2.45, 2.75) is 51.9 Å². The summed E-state index contributed by atoms with van der Waals surface area (Å²) in [5.41, 5.74) is 0. The Hall–Kier alpha value is -0.530. The fourth-order valence-electron chi connectivity index (χ4n) is 2.06. The summed E-state index contributed by atoms with van der Waals surface area (Å²) in [7, 11) is 0. The third-order valence-corrected chi connectivity index (χ3v) is 2.83. The molecule has 1 aliphatic carbocycles. The van der Waals surface area contributed by atoms with Gasteiger partial charge in [-0.2, -0.15) is 0 Å². The van der Waals surface area contributed by atoms with E-state index in [0.717, 1.165) is 12.3 Å². The van der Waals surface area contributed by atoms with E-state index in [9.17, 15) is 4.79 Å². The number of hydrogen-bond donors (Lipinski definition) is 0. The molecule has 2 nitrogen and oxygen atoms in total. The monoisotopic (exact) mass is 182 g/mol. The number of carbonyl (C=O) groups is 1. The van der Waals surface area contributed by atoms with Crippen molar-refractivity contribution in [3.05, 3.63) is 0 Å². The summed E-state index contributed by atoms with van der Waals surface area (Å²) in [4.78, 5) is 11.1. The number of amides is 1. The zero-order valence-corrected chi connectivity index (χ0v) is 8.59. The molecule has 13 heavy (non-hydrogen) atoms. The molecule has 1 radical (unpaired) electrons. The molecule has 1 aliphatic rings. The molecule has 75 valence electrons. The maximum absolute atomic E-state index is 11.1. The van der Waals surface area contributed by atoms with E-state index in [1.54, 1.807) is 0 Å². The highest BCUT2D eigenvalue weighted by molar-refractivity contribution is 5.75. The highest BCUT2D eigenvalue weighted by atomic mass is 16.1. The van der Waals surface area contributed by atoms with Crippen molar-refractivity contribution in [1.29, 1.82) is 0 Å². The second kappa shape index (κ2) is 6.01. The fourth-order valence-corrected chi connectivity index (χ4v) is 2.06. The SMILES string of the molecule is CC[N]C(=O)CCC1CCCCC1. The number of nitrogens with zero attached hydrogens (tertiary/aromatic N) is 1. The van der Waals surface area contributed by atoms with Crippen LogP contribution in [0.5, 0.6) is 0 Å². The van der Waals surface area contributed by atoms with E-state index >= 15 is 0 Å². The second-order valence-electron chi connectivity index (χ2n) is 3.91. The standard InChI is InChI=1S/C11H20NO/c1-2-12-11(13)9-8-10-6-4-3-5-7-10/h10H,2-9H2,1H3. The van der Waals surface area contributed by atoms with Gasteiger partial charge in [-0.1, -0.05) is 32.1 Å². The molecule has 0 spiro atoms. The lowest BCUT2D eigenvalue weighted by Crippen LogP contribution is -2.16. The van der Waals surface area contributed by atoms with Gasteiger partial charge < -0.3 is 0 Å². The average Bonchev–Trinajstić information content (AvgIpc) is 2.17. The first kappa shape index (κ1) is 10.6. The van der Waals surface area contributed by atoms with Crippen LogP contribution in [-0.2, 0) is 4.79 Å². The lowest BCUT2D eigenvalue weighted by molar-refractivity contribution is -0.121. The molecule has 0 bridgehead atoms. The fraction of sp³-hybridized carbons (Fsp3) is 0.909. The molecule has 0 aromatic heterocycles. The Morgan fingerprint density at radius 1 is 1.31 bits per heavy atom. The van der Waals surface area contributed by atoms with Crippen molar-refractivity contribution in [2.24, 2.45) is 5.92 Å². The summed E-state index contributed by atoms with van der Waals surface area (Å²) in [5, 5.41) is 3.87. The number of carbonyl (C=O) groups excluding carboxylic acids is 1. The van der Waals surface area contributed by atoms with Gasteiger partial charge in [0.2, 0.25) is 5.91 Å². The molecule has 0 unspecified atom stereocenters. The Labute approximate surface area is 81.1 Å². The van der Waals surface area contributed by atoms with Crippen LogP contribution in [0.25, 0.3) is 0 Å². The van der Waals surface area contributed by atoms with Crippen LogP contribution < -0.4 is 5.32 Å². The predicted molar refractivity (Wildman–Crippen MR) is 53.5 cm³/mol. The minimum Gasteiger partial charge on any atom is -0.273 e. The quantitative estimate of drug-likeness (QED) is 0.657. The molecule has 1 rings (SSSR count). The van der Waals surface area contributed by atoms with Gasteiger partial charge in [-0.3, -0.25) is 10.1 Å². The Morgan fingerprint density at radius 3 is 2.62 bits per heavy atom. The number of rotatable bonds is 4. The molecule has 0 aromatic carbocycles. The first-order chi connectivity index (χ1) is 6.33. The Balaban J connectivity index is 2.06. The minimum absolute atomic E-state index is 0.105. The summed E-state index contributed by atoms with van der Waals surface area (Å²) in [5.74, 6) is 0.915. The van der Waals surface area contributed by atoms with Gasteiger partial charge in [0.1, 0.15) is 0 Å². The van der Waals surface area contributed by atoms with Crippen LogP contribution in [-0.4, -0.2) is 12.5 Å². The molecule has 0 aromatic rings. The molecule has 0 heterocycles. The summed E-state index contributed by atoms with van der Waals surface area (Å²) < 4.78 is 0. The number of hydrogen-bond acceptors (Lipinski definition) is 1.